The van der Waals surface area contributed by atoms with Gasteiger partial charge >= 0.3 is 0 Å². The first kappa shape index (κ1) is 14.4. The minimum Gasteiger partial charge on any atom is -0.378 e. The van der Waals surface area contributed by atoms with E-state index in [1.165, 1.54) is 5.56 Å². The Bertz CT molecular complexity index is 402. The number of thioether (sulfide) groups is 1. The van der Waals surface area contributed by atoms with Gasteiger partial charge in [0.15, 0.2) is 0 Å². The van der Waals surface area contributed by atoms with E-state index in [9.17, 15) is 4.79 Å². The molecule has 1 saturated heterocycles. The fraction of sp³-hybridized carbons (Fsp3) is 0.500. The molecule has 0 aromatic heterocycles. The van der Waals surface area contributed by atoms with Crippen molar-refractivity contribution in [3.05, 3.63) is 29.8 Å². The lowest BCUT2D eigenvalue weighted by Crippen LogP contribution is -2.41. The summed E-state index contributed by atoms with van der Waals surface area (Å²) in [6, 6.07) is 8.34. The number of morpholine rings is 1. The average molecular weight is 280 g/mol. The molecule has 2 rings (SSSR count). The zero-order valence-corrected chi connectivity index (χ0v) is 12.0. The van der Waals surface area contributed by atoms with Gasteiger partial charge in [0.05, 0.1) is 19.0 Å². The van der Waals surface area contributed by atoms with Crippen molar-refractivity contribution in [3.8, 4) is 0 Å². The van der Waals surface area contributed by atoms with Gasteiger partial charge in [0.2, 0.25) is 5.91 Å². The zero-order valence-electron chi connectivity index (χ0n) is 11.2. The lowest BCUT2D eigenvalue weighted by atomic mass is 10.2. The molecular weight excluding hydrogens is 260 g/mol. The van der Waals surface area contributed by atoms with Crippen LogP contribution < -0.4 is 5.32 Å². The van der Waals surface area contributed by atoms with Gasteiger partial charge in [-0.3, -0.25) is 4.79 Å². The number of nitrogens with zero attached hydrogens (tertiary/aromatic N) is 1. The van der Waals surface area contributed by atoms with Crippen LogP contribution in [0.2, 0.25) is 0 Å². The fourth-order valence-corrected chi connectivity index (χ4v) is 2.76. The third-order valence-corrected chi connectivity index (χ3v) is 4.03. The number of hydrogen-bond donors (Lipinski definition) is 1. The van der Waals surface area contributed by atoms with Crippen molar-refractivity contribution in [1.29, 1.82) is 0 Å². The van der Waals surface area contributed by atoms with E-state index in [0.29, 0.717) is 19.0 Å². The number of nitrogens with one attached hydrogen (secondary N) is 1. The number of carbonyl (C=O) groups is 1. The summed E-state index contributed by atoms with van der Waals surface area (Å²) < 4.78 is 5.24. The lowest BCUT2D eigenvalue weighted by Gasteiger charge is -2.26. The Labute approximate surface area is 118 Å². The summed E-state index contributed by atoms with van der Waals surface area (Å²) in [7, 11) is 1.93. The molecule has 1 aromatic rings. The summed E-state index contributed by atoms with van der Waals surface area (Å²) in [6.07, 6.45) is 0. The molecule has 1 heterocycles. The Morgan fingerprint density at radius 1 is 1.32 bits per heavy atom. The fourth-order valence-electron chi connectivity index (χ4n) is 1.96. The highest BCUT2D eigenvalue weighted by Gasteiger charge is 2.16. The van der Waals surface area contributed by atoms with Crippen molar-refractivity contribution in [3.63, 3.8) is 0 Å². The summed E-state index contributed by atoms with van der Waals surface area (Å²) in [5.41, 5.74) is 1.26. The van der Waals surface area contributed by atoms with Gasteiger partial charge in [-0.1, -0.05) is 12.1 Å². The standard InChI is InChI=1S/C14H20N2O2S/c1-15-10-12-2-4-13(5-3-12)19-11-14(17)16-6-8-18-9-7-16/h2-5,15H,6-11H2,1H3. The highest BCUT2D eigenvalue weighted by Crippen LogP contribution is 2.19. The maximum absolute atomic E-state index is 12.0. The molecule has 0 atom stereocenters. The monoisotopic (exact) mass is 280 g/mol. The molecule has 0 radical (unpaired) electrons. The lowest BCUT2D eigenvalue weighted by molar-refractivity contribution is -0.132. The second kappa shape index (κ2) is 7.53. The summed E-state index contributed by atoms with van der Waals surface area (Å²) in [5, 5.41) is 3.12. The molecule has 19 heavy (non-hydrogen) atoms. The third-order valence-electron chi connectivity index (χ3n) is 3.03. The van der Waals surface area contributed by atoms with Crippen LogP contribution in [0.25, 0.3) is 0 Å². The SMILES string of the molecule is CNCc1ccc(SCC(=O)N2CCOCC2)cc1. The summed E-state index contributed by atoms with van der Waals surface area (Å²) in [5.74, 6) is 0.707. The molecule has 5 heteroatoms. The van der Waals surface area contributed by atoms with Crippen molar-refractivity contribution >= 4 is 17.7 Å². The van der Waals surface area contributed by atoms with Crippen molar-refractivity contribution in [2.24, 2.45) is 0 Å². The highest BCUT2D eigenvalue weighted by molar-refractivity contribution is 8.00. The quantitative estimate of drug-likeness (QED) is 0.827. The van der Waals surface area contributed by atoms with Crippen LogP contribution in [0.5, 0.6) is 0 Å². The molecule has 0 bridgehead atoms. The van der Waals surface area contributed by atoms with E-state index in [2.05, 4.69) is 29.6 Å². The predicted molar refractivity (Wildman–Crippen MR) is 77.3 cm³/mol. The molecule has 1 N–H and O–H groups in total. The Morgan fingerprint density at radius 3 is 2.63 bits per heavy atom. The van der Waals surface area contributed by atoms with E-state index in [4.69, 9.17) is 4.74 Å². The molecule has 104 valence electrons. The van der Waals surface area contributed by atoms with Crippen LogP contribution in [0.1, 0.15) is 5.56 Å². The van der Waals surface area contributed by atoms with Gasteiger partial charge in [0.1, 0.15) is 0 Å². The molecule has 1 aliphatic rings. The van der Waals surface area contributed by atoms with Gasteiger partial charge < -0.3 is 15.0 Å². The number of carbonyl (C=O) groups excluding carboxylic acids is 1. The number of rotatable bonds is 5. The predicted octanol–water partition coefficient (Wildman–Crippen LogP) is 1.36. The van der Waals surface area contributed by atoms with Crippen LogP contribution in [-0.4, -0.2) is 49.9 Å². The van der Waals surface area contributed by atoms with Crippen molar-refractivity contribution in [1.82, 2.24) is 10.2 Å². The Hall–Kier alpha value is -1.04. The number of ether oxygens (including phenoxy) is 1. The molecule has 1 aliphatic heterocycles. The van der Waals surface area contributed by atoms with E-state index in [-0.39, 0.29) is 5.91 Å². The summed E-state index contributed by atoms with van der Waals surface area (Å²) in [6.45, 7) is 3.64. The zero-order chi connectivity index (χ0) is 13.5. The number of benzene rings is 1. The first-order valence-corrected chi connectivity index (χ1v) is 7.50. The van der Waals surface area contributed by atoms with E-state index in [0.717, 1.165) is 24.5 Å². The van der Waals surface area contributed by atoms with Crippen LogP contribution in [0.3, 0.4) is 0 Å². The van der Waals surface area contributed by atoms with Crippen LogP contribution >= 0.6 is 11.8 Å². The van der Waals surface area contributed by atoms with Gasteiger partial charge in [-0.2, -0.15) is 0 Å². The van der Waals surface area contributed by atoms with Crippen LogP contribution in [0.15, 0.2) is 29.2 Å². The van der Waals surface area contributed by atoms with E-state index >= 15 is 0 Å². The van der Waals surface area contributed by atoms with Crippen molar-refractivity contribution < 1.29 is 9.53 Å². The summed E-state index contributed by atoms with van der Waals surface area (Å²) in [4.78, 5) is 15.0. The maximum Gasteiger partial charge on any atom is 0.233 e. The van der Waals surface area contributed by atoms with E-state index in [1.54, 1.807) is 11.8 Å². The molecule has 0 spiro atoms. The van der Waals surface area contributed by atoms with Crippen molar-refractivity contribution in [2.45, 2.75) is 11.4 Å². The van der Waals surface area contributed by atoms with Gasteiger partial charge in [0.25, 0.3) is 0 Å². The normalized spacial score (nSPS) is 15.5. The molecule has 0 aliphatic carbocycles. The van der Waals surface area contributed by atoms with Gasteiger partial charge in [-0.25, -0.2) is 0 Å². The second-order valence-corrected chi connectivity index (χ2v) is 5.50. The molecule has 1 fully saturated rings. The Morgan fingerprint density at radius 2 is 2.00 bits per heavy atom. The van der Waals surface area contributed by atoms with Gasteiger partial charge in [-0.05, 0) is 24.7 Å². The Kier molecular flexibility index (Phi) is 5.69. The number of amides is 1. The molecule has 4 nitrogen and oxygen atoms in total. The van der Waals surface area contributed by atoms with E-state index < -0.39 is 0 Å². The smallest absolute Gasteiger partial charge is 0.233 e. The van der Waals surface area contributed by atoms with Crippen LogP contribution in [0, 0.1) is 0 Å². The topological polar surface area (TPSA) is 41.6 Å². The molecular formula is C14H20N2O2S. The van der Waals surface area contributed by atoms with E-state index in [1.807, 2.05) is 11.9 Å². The largest absolute Gasteiger partial charge is 0.378 e. The van der Waals surface area contributed by atoms with Crippen LogP contribution in [-0.2, 0) is 16.1 Å². The van der Waals surface area contributed by atoms with Gasteiger partial charge in [0, 0.05) is 24.5 Å². The highest BCUT2D eigenvalue weighted by atomic mass is 32.2. The molecule has 1 amide bonds. The molecule has 0 saturated carbocycles. The first-order chi connectivity index (χ1) is 9.29. The Balaban J connectivity index is 1.79. The van der Waals surface area contributed by atoms with Crippen LogP contribution in [0.4, 0.5) is 0 Å². The minimum absolute atomic E-state index is 0.201. The second-order valence-electron chi connectivity index (χ2n) is 4.46. The summed E-state index contributed by atoms with van der Waals surface area (Å²) >= 11 is 1.60. The maximum atomic E-state index is 12.0. The first-order valence-electron chi connectivity index (χ1n) is 6.51. The molecule has 1 aromatic carbocycles. The third kappa shape index (κ3) is 4.53. The van der Waals surface area contributed by atoms with Crippen molar-refractivity contribution in [2.75, 3.05) is 39.1 Å². The minimum atomic E-state index is 0.201. The number of hydrogen-bond acceptors (Lipinski definition) is 4. The van der Waals surface area contributed by atoms with Gasteiger partial charge in [-0.15, -0.1) is 11.8 Å². The molecule has 0 unspecified atom stereocenters. The average Bonchev–Trinajstić information content (AvgIpc) is 2.47.